The smallest absolute Gasteiger partial charge is 0.251 e. The molecule has 1 N–H and O–H groups in total. The summed E-state index contributed by atoms with van der Waals surface area (Å²) in [6.07, 6.45) is 8.98. The quantitative estimate of drug-likeness (QED) is 0.647. The van der Waals surface area contributed by atoms with E-state index >= 15 is 0 Å². The van der Waals surface area contributed by atoms with E-state index in [1.54, 1.807) is 11.1 Å². The molecule has 0 radical (unpaired) electrons. The van der Waals surface area contributed by atoms with Crippen LogP contribution in [0.4, 0.5) is 11.5 Å². The van der Waals surface area contributed by atoms with Crippen molar-refractivity contribution >= 4 is 34.2 Å². The van der Waals surface area contributed by atoms with Crippen molar-refractivity contribution in [2.75, 3.05) is 23.4 Å². The maximum absolute atomic E-state index is 13.1. The maximum Gasteiger partial charge on any atom is 0.251 e. The zero-order valence-corrected chi connectivity index (χ0v) is 19.4. The SMILES string of the molecule is CCNC(=O)c1ccc2c(ccn2-c2ncc3c(n2)N(C2CCCC2)C(CC)C(=O)N3C)c1. The average molecular weight is 447 g/mol. The van der Waals surface area contributed by atoms with E-state index in [0.29, 0.717) is 24.1 Å². The Morgan fingerprint density at radius 3 is 2.70 bits per heavy atom. The van der Waals surface area contributed by atoms with Gasteiger partial charge in [0.1, 0.15) is 11.7 Å². The number of amides is 2. The Hall–Kier alpha value is -3.42. The molecule has 1 saturated carbocycles. The van der Waals surface area contributed by atoms with Gasteiger partial charge in [0.15, 0.2) is 5.82 Å². The number of anilines is 2. The second-order valence-electron chi connectivity index (χ2n) is 8.86. The lowest BCUT2D eigenvalue weighted by atomic mass is 10.0. The number of rotatable bonds is 5. The van der Waals surface area contributed by atoms with Gasteiger partial charge in [-0.2, -0.15) is 4.98 Å². The van der Waals surface area contributed by atoms with Gasteiger partial charge in [0.25, 0.3) is 5.91 Å². The van der Waals surface area contributed by atoms with E-state index in [2.05, 4.69) is 22.1 Å². The average Bonchev–Trinajstić information content (AvgIpc) is 3.50. The van der Waals surface area contributed by atoms with Crippen molar-refractivity contribution in [3.8, 4) is 5.95 Å². The van der Waals surface area contributed by atoms with Gasteiger partial charge in [-0.25, -0.2) is 4.98 Å². The summed E-state index contributed by atoms with van der Waals surface area (Å²) >= 11 is 0. The van der Waals surface area contributed by atoms with Gasteiger partial charge in [-0.3, -0.25) is 14.2 Å². The van der Waals surface area contributed by atoms with Gasteiger partial charge in [-0.05, 0) is 50.5 Å². The number of likely N-dealkylation sites (N-methyl/N-ethyl adjacent to an activating group) is 1. The second-order valence-corrected chi connectivity index (χ2v) is 8.86. The summed E-state index contributed by atoms with van der Waals surface area (Å²) < 4.78 is 1.95. The Morgan fingerprint density at radius 2 is 1.97 bits per heavy atom. The van der Waals surface area contributed by atoms with Crippen LogP contribution in [0.2, 0.25) is 0 Å². The Kier molecular flexibility index (Phi) is 5.52. The molecule has 1 unspecified atom stereocenters. The first-order chi connectivity index (χ1) is 16.0. The van der Waals surface area contributed by atoms with Crippen molar-refractivity contribution in [1.82, 2.24) is 19.9 Å². The first-order valence-corrected chi connectivity index (χ1v) is 11.9. The molecular formula is C25H30N6O2. The van der Waals surface area contributed by atoms with E-state index in [1.165, 1.54) is 12.8 Å². The van der Waals surface area contributed by atoms with Crippen LogP contribution < -0.4 is 15.1 Å². The van der Waals surface area contributed by atoms with Gasteiger partial charge in [0.2, 0.25) is 11.9 Å². The second kappa shape index (κ2) is 8.50. The van der Waals surface area contributed by atoms with Crippen LogP contribution >= 0.6 is 0 Å². The molecule has 5 rings (SSSR count). The third-order valence-electron chi connectivity index (χ3n) is 6.90. The fraction of sp³-hybridized carbons (Fsp3) is 0.440. The van der Waals surface area contributed by atoms with Crippen molar-refractivity contribution in [1.29, 1.82) is 0 Å². The molecule has 2 aliphatic rings. The third kappa shape index (κ3) is 3.53. The fourth-order valence-electron chi connectivity index (χ4n) is 5.21. The molecule has 8 heteroatoms. The Labute approximate surface area is 193 Å². The predicted molar refractivity (Wildman–Crippen MR) is 129 cm³/mol. The van der Waals surface area contributed by atoms with Crippen molar-refractivity contribution in [2.24, 2.45) is 0 Å². The summed E-state index contributed by atoms with van der Waals surface area (Å²) in [5.41, 5.74) is 2.32. The predicted octanol–water partition coefficient (Wildman–Crippen LogP) is 3.67. The number of benzene rings is 1. The summed E-state index contributed by atoms with van der Waals surface area (Å²) in [4.78, 5) is 38.9. The van der Waals surface area contributed by atoms with Crippen molar-refractivity contribution in [3.05, 3.63) is 42.2 Å². The minimum atomic E-state index is -0.200. The van der Waals surface area contributed by atoms with E-state index < -0.39 is 0 Å². The molecule has 0 bridgehead atoms. The molecule has 1 aromatic carbocycles. The highest BCUT2D eigenvalue weighted by atomic mass is 16.2. The number of carbonyl (C=O) groups is 2. The van der Waals surface area contributed by atoms with Crippen molar-refractivity contribution in [3.63, 3.8) is 0 Å². The molecule has 8 nitrogen and oxygen atoms in total. The van der Waals surface area contributed by atoms with Crippen molar-refractivity contribution in [2.45, 2.75) is 58.0 Å². The molecule has 1 fully saturated rings. The molecule has 33 heavy (non-hydrogen) atoms. The fourth-order valence-corrected chi connectivity index (χ4v) is 5.21. The minimum absolute atomic E-state index is 0.0808. The van der Waals surface area contributed by atoms with Crippen LogP contribution in [-0.4, -0.2) is 52.0 Å². The first-order valence-electron chi connectivity index (χ1n) is 11.9. The van der Waals surface area contributed by atoms with Gasteiger partial charge in [-0.1, -0.05) is 19.8 Å². The third-order valence-corrected chi connectivity index (χ3v) is 6.90. The lowest BCUT2D eigenvalue weighted by molar-refractivity contribution is -0.120. The van der Waals surface area contributed by atoms with Gasteiger partial charge in [-0.15, -0.1) is 0 Å². The van der Waals surface area contributed by atoms with E-state index in [0.717, 1.165) is 41.7 Å². The summed E-state index contributed by atoms with van der Waals surface area (Å²) in [5, 5.41) is 3.79. The van der Waals surface area contributed by atoms with Crippen LogP contribution in [0.1, 0.15) is 56.3 Å². The van der Waals surface area contributed by atoms with Crippen LogP contribution in [0.3, 0.4) is 0 Å². The number of carbonyl (C=O) groups excluding carboxylic acids is 2. The molecule has 1 aliphatic carbocycles. The highest BCUT2D eigenvalue weighted by molar-refractivity contribution is 6.04. The molecule has 0 saturated heterocycles. The monoisotopic (exact) mass is 446 g/mol. The highest BCUT2D eigenvalue weighted by Gasteiger charge is 2.41. The van der Waals surface area contributed by atoms with Crippen LogP contribution in [0.15, 0.2) is 36.7 Å². The molecule has 3 aromatic rings. The van der Waals surface area contributed by atoms with Gasteiger partial charge < -0.3 is 15.1 Å². The van der Waals surface area contributed by atoms with E-state index in [-0.39, 0.29) is 17.9 Å². The summed E-state index contributed by atoms with van der Waals surface area (Å²) in [5.74, 6) is 1.43. The first kappa shape index (κ1) is 21.4. The number of fused-ring (bicyclic) bond motifs is 2. The molecule has 3 heterocycles. The van der Waals surface area contributed by atoms with E-state index in [1.807, 2.05) is 49.0 Å². The van der Waals surface area contributed by atoms with Crippen molar-refractivity contribution < 1.29 is 9.59 Å². The Morgan fingerprint density at radius 1 is 1.18 bits per heavy atom. The maximum atomic E-state index is 13.1. The summed E-state index contributed by atoms with van der Waals surface area (Å²) in [6.45, 7) is 4.56. The molecular weight excluding hydrogens is 416 g/mol. The van der Waals surface area contributed by atoms with Crippen LogP contribution in [0.25, 0.3) is 16.9 Å². The normalized spacial score (nSPS) is 18.8. The standard InChI is InChI=1S/C25H30N6O2/c1-4-19-24(33)29(3)21-15-27-25(28-22(21)31(19)18-8-6-7-9-18)30-13-12-16-14-17(10-11-20(16)30)23(32)26-5-2/h10-15,18-19H,4-9H2,1-3H3,(H,26,32). The molecule has 1 atom stereocenters. The number of aromatic nitrogens is 3. The zero-order valence-electron chi connectivity index (χ0n) is 19.4. The Balaban J connectivity index is 1.59. The molecule has 172 valence electrons. The number of hydrogen-bond acceptors (Lipinski definition) is 5. The molecule has 0 spiro atoms. The van der Waals surface area contributed by atoms with Gasteiger partial charge in [0.05, 0.1) is 11.7 Å². The largest absolute Gasteiger partial charge is 0.352 e. The van der Waals surface area contributed by atoms with Crippen LogP contribution in [0.5, 0.6) is 0 Å². The van der Waals surface area contributed by atoms with Crippen LogP contribution in [0, 0.1) is 0 Å². The van der Waals surface area contributed by atoms with Crippen LogP contribution in [-0.2, 0) is 4.79 Å². The number of nitrogens with one attached hydrogen (secondary N) is 1. The number of hydrogen-bond donors (Lipinski definition) is 1. The molecule has 1 aliphatic heterocycles. The lowest BCUT2D eigenvalue weighted by Crippen LogP contribution is -2.55. The lowest BCUT2D eigenvalue weighted by Gasteiger charge is -2.43. The topological polar surface area (TPSA) is 83.4 Å². The van der Waals surface area contributed by atoms with E-state index in [4.69, 9.17) is 4.98 Å². The van der Waals surface area contributed by atoms with Gasteiger partial charge in [0, 0.05) is 36.8 Å². The number of nitrogens with zero attached hydrogens (tertiary/aromatic N) is 5. The highest BCUT2D eigenvalue weighted by Crippen LogP contribution is 2.39. The zero-order chi connectivity index (χ0) is 23.1. The molecule has 2 aromatic heterocycles. The summed E-state index contributed by atoms with van der Waals surface area (Å²) in [6, 6.07) is 7.75. The summed E-state index contributed by atoms with van der Waals surface area (Å²) in [7, 11) is 1.81. The van der Waals surface area contributed by atoms with E-state index in [9.17, 15) is 9.59 Å². The van der Waals surface area contributed by atoms with Gasteiger partial charge >= 0.3 is 0 Å². The minimum Gasteiger partial charge on any atom is -0.352 e. The molecule has 2 amide bonds. The Bertz CT molecular complexity index is 1210.